The van der Waals surface area contributed by atoms with Crippen LogP contribution in [0, 0.1) is 0 Å². The van der Waals surface area contributed by atoms with E-state index in [1.54, 1.807) is 6.26 Å². The van der Waals surface area contributed by atoms with Crippen LogP contribution in [0.4, 0.5) is 0 Å². The highest BCUT2D eigenvalue weighted by Gasteiger charge is 2.16. The number of ketones is 1. The summed E-state index contributed by atoms with van der Waals surface area (Å²) in [5.74, 6) is 0.178. The topological polar surface area (TPSA) is 26.3 Å². The van der Waals surface area contributed by atoms with Gasteiger partial charge in [0.25, 0.3) is 0 Å². The molecule has 0 heterocycles. The number of benzene rings is 2. The molecule has 0 bridgehead atoms. The summed E-state index contributed by atoms with van der Waals surface area (Å²) in [6.45, 7) is 6.43. The monoisotopic (exact) mass is 324 g/mol. The zero-order valence-corrected chi connectivity index (χ0v) is 15.0. The van der Waals surface area contributed by atoms with Gasteiger partial charge in [0.2, 0.25) is 8.32 Å². The van der Waals surface area contributed by atoms with Crippen LogP contribution in [0.15, 0.2) is 73.0 Å². The van der Waals surface area contributed by atoms with Crippen molar-refractivity contribution in [3.8, 4) is 0 Å². The lowest BCUT2D eigenvalue weighted by atomic mass is 9.91. The van der Waals surface area contributed by atoms with Gasteiger partial charge in [0.1, 0.15) is 0 Å². The van der Waals surface area contributed by atoms with E-state index >= 15 is 0 Å². The van der Waals surface area contributed by atoms with Gasteiger partial charge in [-0.1, -0.05) is 60.7 Å². The van der Waals surface area contributed by atoms with Gasteiger partial charge in [-0.25, -0.2) is 0 Å². The van der Waals surface area contributed by atoms with Gasteiger partial charge in [-0.15, -0.1) is 0 Å². The summed E-state index contributed by atoms with van der Waals surface area (Å²) in [5, 5.41) is 0. The normalized spacial score (nSPS) is 13.0. The van der Waals surface area contributed by atoms with Crippen molar-refractivity contribution >= 4 is 14.1 Å². The first kappa shape index (κ1) is 17.2. The Hall–Kier alpha value is -2.13. The van der Waals surface area contributed by atoms with Gasteiger partial charge < -0.3 is 4.43 Å². The first-order valence-corrected chi connectivity index (χ1v) is 11.3. The number of hydrogen-bond donors (Lipinski definition) is 0. The Balaban J connectivity index is 2.15. The van der Waals surface area contributed by atoms with Crippen molar-refractivity contribution < 1.29 is 9.22 Å². The second-order valence-corrected chi connectivity index (χ2v) is 11.0. The number of carbonyl (C=O) groups excluding carboxylic acids is 1. The van der Waals surface area contributed by atoms with Gasteiger partial charge in [0.15, 0.2) is 5.78 Å². The summed E-state index contributed by atoms with van der Waals surface area (Å²) >= 11 is 0. The van der Waals surface area contributed by atoms with E-state index in [1.807, 2.05) is 54.6 Å². The lowest BCUT2D eigenvalue weighted by Crippen LogP contribution is -2.22. The molecule has 0 saturated carbocycles. The molecular weight excluding hydrogens is 300 g/mol. The molecular formula is C20H24O2Si. The van der Waals surface area contributed by atoms with Crippen molar-refractivity contribution in [1.29, 1.82) is 0 Å². The molecule has 1 unspecified atom stereocenters. The van der Waals surface area contributed by atoms with Crippen molar-refractivity contribution in [3.63, 3.8) is 0 Å². The van der Waals surface area contributed by atoms with Crippen molar-refractivity contribution in [2.45, 2.75) is 32.0 Å². The third-order valence-corrected chi connectivity index (χ3v) is 4.30. The molecule has 0 N–H and O–H groups in total. The fraction of sp³-hybridized carbons (Fsp3) is 0.250. The Morgan fingerprint density at radius 1 is 1.00 bits per heavy atom. The molecule has 0 aromatic heterocycles. The summed E-state index contributed by atoms with van der Waals surface area (Å²) in [4.78, 5) is 12.5. The van der Waals surface area contributed by atoms with Crippen LogP contribution in [0.1, 0.15) is 28.3 Å². The molecule has 0 saturated heterocycles. The van der Waals surface area contributed by atoms with Crippen LogP contribution in [-0.2, 0) is 4.43 Å². The SMILES string of the molecule is C[Si](C)(C)O/C=C/C(CC(=O)c1ccccc1)c1ccccc1. The fourth-order valence-corrected chi connectivity index (χ4v) is 2.76. The van der Waals surface area contributed by atoms with Crippen LogP contribution in [0.25, 0.3) is 0 Å². The summed E-state index contributed by atoms with van der Waals surface area (Å²) < 4.78 is 5.82. The molecule has 2 aromatic rings. The van der Waals surface area contributed by atoms with Gasteiger partial charge in [-0.3, -0.25) is 4.79 Å². The van der Waals surface area contributed by atoms with E-state index in [9.17, 15) is 4.79 Å². The largest absolute Gasteiger partial charge is 0.550 e. The molecule has 2 nitrogen and oxygen atoms in total. The van der Waals surface area contributed by atoms with Gasteiger partial charge in [0.05, 0.1) is 6.26 Å². The van der Waals surface area contributed by atoms with Gasteiger partial charge in [0, 0.05) is 17.9 Å². The third kappa shape index (κ3) is 5.87. The van der Waals surface area contributed by atoms with E-state index < -0.39 is 8.32 Å². The summed E-state index contributed by atoms with van der Waals surface area (Å²) in [5.41, 5.74) is 1.89. The molecule has 0 radical (unpaired) electrons. The van der Waals surface area contributed by atoms with Gasteiger partial charge in [-0.2, -0.15) is 0 Å². The van der Waals surface area contributed by atoms with E-state index in [2.05, 4.69) is 31.8 Å². The molecule has 2 rings (SSSR count). The van der Waals surface area contributed by atoms with Crippen LogP contribution in [-0.4, -0.2) is 14.1 Å². The average Bonchev–Trinajstić information content (AvgIpc) is 2.54. The number of allylic oxidation sites excluding steroid dienone is 1. The Kier molecular flexibility index (Phi) is 5.94. The average molecular weight is 324 g/mol. The fourth-order valence-electron chi connectivity index (χ4n) is 2.28. The highest BCUT2D eigenvalue weighted by atomic mass is 28.4. The number of carbonyl (C=O) groups is 1. The number of Topliss-reactive ketones (excluding diaryl/α,β-unsaturated/α-hetero) is 1. The Bertz CT molecular complexity index is 642. The van der Waals surface area contributed by atoms with Crippen molar-refractivity contribution in [3.05, 3.63) is 84.1 Å². The lowest BCUT2D eigenvalue weighted by molar-refractivity contribution is 0.0978. The van der Waals surface area contributed by atoms with E-state index in [0.717, 1.165) is 11.1 Å². The van der Waals surface area contributed by atoms with E-state index in [1.165, 1.54) is 0 Å². The van der Waals surface area contributed by atoms with E-state index in [4.69, 9.17) is 4.43 Å². The van der Waals surface area contributed by atoms with Crippen molar-refractivity contribution in [2.75, 3.05) is 0 Å². The minimum atomic E-state index is -1.60. The molecule has 1 atom stereocenters. The summed E-state index contributed by atoms with van der Waals surface area (Å²) in [6, 6.07) is 19.6. The van der Waals surface area contributed by atoms with Crippen molar-refractivity contribution in [1.82, 2.24) is 0 Å². The third-order valence-electron chi connectivity index (χ3n) is 3.46. The molecule has 0 aliphatic heterocycles. The smallest absolute Gasteiger partial charge is 0.241 e. The predicted molar refractivity (Wildman–Crippen MR) is 98.1 cm³/mol. The maximum Gasteiger partial charge on any atom is 0.241 e. The molecule has 2 aromatic carbocycles. The van der Waals surface area contributed by atoms with Gasteiger partial charge >= 0.3 is 0 Å². The number of rotatable bonds is 7. The Morgan fingerprint density at radius 2 is 1.57 bits per heavy atom. The highest BCUT2D eigenvalue weighted by molar-refractivity contribution is 6.69. The minimum absolute atomic E-state index is 0.0280. The van der Waals surface area contributed by atoms with Crippen LogP contribution in [0.2, 0.25) is 19.6 Å². The minimum Gasteiger partial charge on any atom is -0.550 e. The molecule has 23 heavy (non-hydrogen) atoms. The van der Waals surface area contributed by atoms with Crippen LogP contribution in [0.5, 0.6) is 0 Å². The van der Waals surface area contributed by atoms with Crippen molar-refractivity contribution in [2.24, 2.45) is 0 Å². The molecule has 3 heteroatoms. The zero-order chi connectivity index (χ0) is 16.7. The second-order valence-electron chi connectivity index (χ2n) is 6.57. The van der Waals surface area contributed by atoms with E-state index in [-0.39, 0.29) is 11.7 Å². The molecule has 120 valence electrons. The standard InChI is InChI=1S/C20H24O2Si/c1-23(2,3)22-15-14-19(17-10-6-4-7-11-17)16-20(21)18-12-8-5-9-13-18/h4-15,19H,16H2,1-3H3/b15-14+. The van der Waals surface area contributed by atoms with E-state index in [0.29, 0.717) is 6.42 Å². The quantitative estimate of drug-likeness (QED) is 0.387. The van der Waals surface area contributed by atoms with Crippen LogP contribution < -0.4 is 0 Å². The second kappa shape index (κ2) is 7.93. The molecule has 0 aliphatic rings. The van der Waals surface area contributed by atoms with Crippen LogP contribution in [0.3, 0.4) is 0 Å². The molecule has 0 fully saturated rings. The molecule has 0 spiro atoms. The maximum absolute atomic E-state index is 12.5. The summed E-state index contributed by atoms with van der Waals surface area (Å²) in [7, 11) is -1.60. The first-order chi connectivity index (χ1) is 11.0. The zero-order valence-electron chi connectivity index (χ0n) is 14.0. The van der Waals surface area contributed by atoms with Gasteiger partial charge in [-0.05, 0) is 31.3 Å². The Labute approximate surface area is 139 Å². The molecule has 0 amide bonds. The summed E-state index contributed by atoms with van der Waals surface area (Å²) in [6.07, 6.45) is 4.23. The first-order valence-electron chi connectivity index (χ1n) is 7.93. The molecule has 0 aliphatic carbocycles. The highest BCUT2D eigenvalue weighted by Crippen LogP contribution is 2.23. The maximum atomic E-state index is 12.5. The van der Waals surface area contributed by atoms with Crippen LogP contribution >= 0.6 is 0 Å². The predicted octanol–water partition coefficient (Wildman–Crippen LogP) is 5.41. The number of hydrogen-bond acceptors (Lipinski definition) is 2. The lowest BCUT2D eigenvalue weighted by Gasteiger charge is -2.17. The Morgan fingerprint density at radius 3 is 2.13 bits per heavy atom.